The zero-order chi connectivity index (χ0) is 13.1. The van der Waals surface area contributed by atoms with Crippen LogP contribution in [0.25, 0.3) is 0 Å². The van der Waals surface area contributed by atoms with Crippen LogP contribution in [-0.4, -0.2) is 55.1 Å². The molecule has 104 valence electrons. The van der Waals surface area contributed by atoms with Gasteiger partial charge in [0, 0.05) is 6.54 Å². The highest BCUT2D eigenvalue weighted by molar-refractivity contribution is 5.83. The van der Waals surface area contributed by atoms with Crippen molar-refractivity contribution in [2.24, 2.45) is 11.8 Å². The molecule has 0 spiro atoms. The van der Waals surface area contributed by atoms with Crippen LogP contribution in [0.3, 0.4) is 0 Å². The first-order chi connectivity index (χ1) is 8.58. The monoisotopic (exact) mass is 253 g/mol. The number of likely N-dealkylation sites (tertiary alicyclic amines) is 1. The van der Waals surface area contributed by atoms with Gasteiger partial charge in [-0.15, -0.1) is 0 Å². The van der Waals surface area contributed by atoms with Crippen molar-refractivity contribution in [3.05, 3.63) is 0 Å². The van der Waals surface area contributed by atoms with E-state index in [9.17, 15) is 4.79 Å². The maximum absolute atomic E-state index is 12.1. The highest BCUT2D eigenvalue weighted by atomic mass is 16.2. The first-order valence-electron chi connectivity index (χ1n) is 7.28. The van der Waals surface area contributed by atoms with Crippen molar-refractivity contribution < 1.29 is 4.79 Å². The van der Waals surface area contributed by atoms with Crippen LogP contribution in [0.1, 0.15) is 33.1 Å². The van der Waals surface area contributed by atoms with Crippen molar-refractivity contribution in [3.63, 3.8) is 0 Å². The van der Waals surface area contributed by atoms with Crippen molar-refractivity contribution in [1.82, 2.24) is 15.1 Å². The van der Waals surface area contributed by atoms with E-state index in [1.807, 2.05) is 4.90 Å². The van der Waals surface area contributed by atoms with Gasteiger partial charge in [-0.3, -0.25) is 10.1 Å². The van der Waals surface area contributed by atoms with Crippen molar-refractivity contribution >= 4 is 5.91 Å². The summed E-state index contributed by atoms with van der Waals surface area (Å²) in [6.45, 7) is 8.32. The van der Waals surface area contributed by atoms with E-state index in [4.69, 9.17) is 0 Å². The Bertz CT molecular complexity index is 285. The second-order valence-electron chi connectivity index (χ2n) is 6.22. The fraction of sp³-hybridized carbons (Fsp3) is 0.929. The van der Waals surface area contributed by atoms with E-state index in [0.717, 1.165) is 19.1 Å². The molecule has 2 fully saturated rings. The number of carbonyl (C=O) groups is 1. The number of hydrogen-bond donors (Lipinski definition) is 1. The van der Waals surface area contributed by atoms with Gasteiger partial charge in [0.05, 0.1) is 12.7 Å². The van der Waals surface area contributed by atoms with E-state index in [-0.39, 0.29) is 6.04 Å². The molecule has 2 rings (SSSR count). The Hall–Kier alpha value is -0.610. The van der Waals surface area contributed by atoms with Gasteiger partial charge in [0.25, 0.3) is 0 Å². The summed E-state index contributed by atoms with van der Waals surface area (Å²) in [7, 11) is 2.19. The number of piperidine rings is 1. The Kier molecular flexibility index (Phi) is 4.62. The fourth-order valence-electron chi connectivity index (χ4n) is 2.97. The largest absolute Gasteiger partial charge is 0.329 e. The summed E-state index contributed by atoms with van der Waals surface area (Å²) < 4.78 is 0. The zero-order valence-corrected chi connectivity index (χ0v) is 12.0. The van der Waals surface area contributed by atoms with E-state index >= 15 is 0 Å². The number of carbonyl (C=O) groups excluding carboxylic acids is 1. The lowest BCUT2D eigenvalue weighted by Crippen LogP contribution is -2.36. The van der Waals surface area contributed by atoms with Crippen LogP contribution in [0.4, 0.5) is 0 Å². The second-order valence-corrected chi connectivity index (χ2v) is 6.22. The van der Waals surface area contributed by atoms with Crippen molar-refractivity contribution in [2.45, 2.75) is 39.2 Å². The maximum Gasteiger partial charge on any atom is 0.241 e. The van der Waals surface area contributed by atoms with Gasteiger partial charge >= 0.3 is 0 Å². The lowest BCUT2D eigenvalue weighted by atomic mass is 9.93. The van der Waals surface area contributed by atoms with Gasteiger partial charge in [-0.05, 0) is 51.2 Å². The van der Waals surface area contributed by atoms with Crippen molar-refractivity contribution in [3.8, 4) is 0 Å². The van der Waals surface area contributed by atoms with Gasteiger partial charge in [-0.2, -0.15) is 0 Å². The average molecular weight is 253 g/mol. The first-order valence-corrected chi connectivity index (χ1v) is 7.28. The van der Waals surface area contributed by atoms with Gasteiger partial charge in [-0.25, -0.2) is 0 Å². The number of amides is 1. The highest BCUT2D eigenvalue weighted by Crippen LogP contribution is 2.21. The van der Waals surface area contributed by atoms with Gasteiger partial charge in [0.1, 0.15) is 0 Å². The van der Waals surface area contributed by atoms with Crippen LogP contribution in [0.5, 0.6) is 0 Å². The molecule has 1 N–H and O–H groups in total. The predicted molar refractivity (Wildman–Crippen MR) is 73.2 cm³/mol. The molecule has 1 atom stereocenters. The predicted octanol–water partition coefficient (Wildman–Crippen LogP) is 1.13. The lowest BCUT2D eigenvalue weighted by Gasteiger charge is -2.30. The minimum Gasteiger partial charge on any atom is -0.329 e. The first kappa shape index (κ1) is 13.8. The van der Waals surface area contributed by atoms with Gasteiger partial charge in [0.15, 0.2) is 0 Å². The van der Waals surface area contributed by atoms with E-state index in [2.05, 4.69) is 31.1 Å². The summed E-state index contributed by atoms with van der Waals surface area (Å²) in [5.41, 5.74) is 0. The molecule has 18 heavy (non-hydrogen) atoms. The van der Waals surface area contributed by atoms with Crippen LogP contribution in [0, 0.1) is 11.8 Å². The maximum atomic E-state index is 12.1. The zero-order valence-electron chi connectivity index (χ0n) is 12.0. The molecule has 0 aromatic heterocycles. The smallest absolute Gasteiger partial charge is 0.241 e. The summed E-state index contributed by atoms with van der Waals surface area (Å²) in [4.78, 5) is 16.5. The van der Waals surface area contributed by atoms with Gasteiger partial charge in [-0.1, -0.05) is 13.8 Å². The minimum atomic E-state index is 0.0440. The van der Waals surface area contributed by atoms with Crippen LogP contribution in [0.2, 0.25) is 0 Å². The summed E-state index contributed by atoms with van der Waals surface area (Å²) in [5.74, 6) is 1.51. The molecule has 2 heterocycles. The molecule has 0 saturated carbocycles. The average Bonchev–Trinajstić information content (AvgIpc) is 2.70. The van der Waals surface area contributed by atoms with Crippen LogP contribution < -0.4 is 5.32 Å². The molecule has 0 radical (unpaired) electrons. The molecule has 0 bridgehead atoms. The summed E-state index contributed by atoms with van der Waals surface area (Å²) >= 11 is 0. The van der Waals surface area contributed by atoms with E-state index in [1.165, 1.54) is 32.4 Å². The molecule has 1 unspecified atom stereocenters. The van der Waals surface area contributed by atoms with E-state index in [0.29, 0.717) is 11.8 Å². The van der Waals surface area contributed by atoms with Crippen LogP contribution >= 0.6 is 0 Å². The number of nitrogens with one attached hydrogen (secondary N) is 1. The quantitative estimate of drug-likeness (QED) is 0.816. The third-order valence-corrected chi connectivity index (χ3v) is 4.39. The molecule has 0 aromatic rings. The number of rotatable bonds is 4. The summed E-state index contributed by atoms with van der Waals surface area (Å²) in [6, 6.07) is 0.0440. The lowest BCUT2D eigenvalue weighted by molar-refractivity contribution is -0.129. The number of nitrogens with zero attached hydrogens (tertiary/aromatic N) is 2. The second kappa shape index (κ2) is 6.02. The van der Waals surface area contributed by atoms with Gasteiger partial charge in [0.2, 0.25) is 5.91 Å². The Morgan fingerprint density at radius 2 is 2.00 bits per heavy atom. The Labute approximate surface area is 111 Å². The van der Waals surface area contributed by atoms with Gasteiger partial charge < -0.3 is 9.80 Å². The highest BCUT2D eigenvalue weighted by Gasteiger charge is 2.33. The Morgan fingerprint density at radius 1 is 1.33 bits per heavy atom. The van der Waals surface area contributed by atoms with Crippen molar-refractivity contribution in [1.29, 1.82) is 0 Å². The van der Waals surface area contributed by atoms with Crippen molar-refractivity contribution in [2.75, 3.05) is 33.4 Å². The molecule has 0 aromatic carbocycles. The molecular weight excluding hydrogens is 226 g/mol. The topological polar surface area (TPSA) is 35.6 Å². The number of hydrogen-bond acceptors (Lipinski definition) is 3. The van der Waals surface area contributed by atoms with E-state index < -0.39 is 0 Å². The van der Waals surface area contributed by atoms with E-state index in [1.54, 1.807) is 0 Å². The third-order valence-electron chi connectivity index (χ3n) is 4.39. The standard InChI is InChI=1S/C14H27N3O/c1-11(2)13-14(18)17(10-15-13)9-6-12-4-7-16(3)8-5-12/h11-13,15H,4-10H2,1-3H3. The fourth-order valence-corrected chi connectivity index (χ4v) is 2.97. The molecule has 4 nitrogen and oxygen atoms in total. The minimum absolute atomic E-state index is 0.0440. The Balaban J connectivity index is 1.73. The summed E-state index contributed by atoms with van der Waals surface area (Å²) in [5, 5.41) is 3.32. The molecule has 2 aliphatic rings. The van der Waals surface area contributed by atoms with Crippen LogP contribution in [-0.2, 0) is 4.79 Å². The molecule has 2 aliphatic heterocycles. The normalized spacial score (nSPS) is 27.4. The molecule has 4 heteroatoms. The molecule has 1 amide bonds. The third kappa shape index (κ3) is 3.23. The SMILES string of the molecule is CC(C)C1NCN(CCC2CCN(C)CC2)C1=O. The van der Waals surface area contributed by atoms with Crippen LogP contribution in [0.15, 0.2) is 0 Å². The molecular formula is C14H27N3O. The Morgan fingerprint density at radius 3 is 2.56 bits per heavy atom. The molecule has 2 saturated heterocycles. The molecule has 0 aliphatic carbocycles. The summed E-state index contributed by atoms with van der Waals surface area (Å²) in [6.07, 6.45) is 3.76.